The van der Waals surface area contributed by atoms with Crippen LogP contribution in [0.4, 0.5) is 0 Å². The fourth-order valence-electron chi connectivity index (χ4n) is 2.02. The summed E-state index contributed by atoms with van der Waals surface area (Å²) in [6.07, 6.45) is 0. The summed E-state index contributed by atoms with van der Waals surface area (Å²) in [4.78, 5) is 11.8. The first-order valence-electron chi connectivity index (χ1n) is 7.84. The van der Waals surface area contributed by atoms with E-state index in [1.54, 1.807) is 12.1 Å². The number of hydrogen-bond acceptors (Lipinski definition) is 5. The Kier molecular flexibility index (Phi) is 6.55. The van der Waals surface area contributed by atoms with Gasteiger partial charge < -0.3 is 9.47 Å². The molecule has 25 heavy (non-hydrogen) atoms. The molecule has 0 spiro atoms. The zero-order valence-corrected chi connectivity index (χ0v) is 15.0. The molecule has 134 valence electrons. The number of rotatable bonds is 8. The van der Waals surface area contributed by atoms with Gasteiger partial charge in [0.2, 0.25) is 10.0 Å². The lowest BCUT2D eigenvalue weighted by Crippen LogP contribution is -2.30. The second kappa shape index (κ2) is 8.64. The van der Waals surface area contributed by atoms with Gasteiger partial charge in [0.25, 0.3) is 0 Å². The minimum atomic E-state index is -3.78. The van der Waals surface area contributed by atoms with Crippen LogP contribution in [0.3, 0.4) is 0 Å². The molecule has 0 saturated heterocycles. The van der Waals surface area contributed by atoms with Gasteiger partial charge in [0, 0.05) is 0 Å². The third-order valence-electron chi connectivity index (χ3n) is 3.37. The normalized spacial score (nSPS) is 11.1. The number of ether oxygens (including phenoxy) is 2. The van der Waals surface area contributed by atoms with Gasteiger partial charge in [-0.1, -0.05) is 29.8 Å². The van der Waals surface area contributed by atoms with Gasteiger partial charge in [-0.2, -0.15) is 4.72 Å². The second-order valence-corrected chi connectivity index (χ2v) is 7.14. The smallest absolute Gasteiger partial charge is 0.321 e. The van der Waals surface area contributed by atoms with Crippen molar-refractivity contribution in [1.82, 2.24) is 4.72 Å². The number of sulfonamides is 1. The van der Waals surface area contributed by atoms with E-state index in [0.717, 1.165) is 11.1 Å². The summed E-state index contributed by atoms with van der Waals surface area (Å²) in [5.74, 6) is -0.0611. The third-order valence-corrected chi connectivity index (χ3v) is 4.79. The van der Waals surface area contributed by atoms with E-state index in [2.05, 4.69) is 4.72 Å². The summed E-state index contributed by atoms with van der Waals surface area (Å²) in [6.45, 7) is 3.97. The van der Waals surface area contributed by atoms with Crippen molar-refractivity contribution < 1.29 is 22.7 Å². The van der Waals surface area contributed by atoms with Crippen molar-refractivity contribution in [1.29, 1.82) is 0 Å². The zero-order chi connectivity index (χ0) is 18.3. The van der Waals surface area contributed by atoms with Crippen LogP contribution in [-0.2, 0) is 26.2 Å². The molecule has 0 atom stereocenters. The van der Waals surface area contributed by atoms with Crippen LogP contribution in [0.25, 0.3) is 0 Å². The molecule has 2 rings (SSSR count). The van der Waals surface area contributed by atoms with Crippen molar-refractivity contribution in [2.24, 2.45) is 0 Å². The predicted octanol–water partition coefficient (Wildman–Crippen LogP) is 2.42. The van der Waals surface area contributed by atoms with Gasteiger partial charge in [-0.15, -0.1) is 0 Å². The maximum Gasteiger partial charge on any atom is 0.321 e. The monoisotopic (exact) mass is 363 g/mol. The van der Waals surface area contributed by atoms with E-state index < -0.39 is 22.5 Å². The number of carbonyl (C=O) groups is 1. The summed E-state index contributed by atoms with van der Waals surface area (Å²) in [5, 5.41) is 0. The Labute approximate surface area is 147 Å². The Balaban J connectivity index is 1.85. The average Bonchev–Trinajstić information content (AvgIpc) is 2.60. The van der Waals surface area contributed by atoms with E-state index >= 15 is 0 Å². The van der Waals surface area contributed by atoms with Crippen LogP contribution < -0.4 is 9.46 Å². The molecule has 1 N–H and O–H groups in total. The van der Waals surface area contributed by atoms with Gasteiger partial charge >= 0.3 is 5.97 Å². The van der Waals surface area contributed by atoms with Gasteiger partial charge in [0.1, 0.15) is 18.9 Å². The largest absolute Gasteiger partial charge is 0.494 e. The lowest BCUT2D eigenvalue weighted by atomic mass is 10.2. The first kappa shape index (κ1) is 19.0. The molecule has 0 aliphatic heterocycles. The first-order chi connectivity index (χ1) is 11.9. The van der Waals surface area contributed by atoms with E-state index in [9.17, 15) is 13.2 Å². The highest BCUT2D eigenvalue weighted by molar-refractivity contribution is 7.89. The number of nitrogens with one attached hydrogen (secondary N) is 1. The van der Waals surface area contributed by atoms with Crippen molar-refractivity contribution in [3.63, 3.8) is 0 Å². The highest BCUT2D eigenvalue weighted by Crippen LogP contribution is 2.15. The summed E-state index contributed by atoms with van der Waals surface area (Å²) >= 11 is 0. The minimum absolute atomic E-state index is 0.0577. The SMILES string of the molecule is CCOc1ccc(S(=O)(=O)NCC(=O)OCc2ccc(C)cc2)cc1. The molecule has 0 bridgehead atoms. The molecule has 0 saturated carbocycles. The zero-order valence-electron chi connectivity index (χ0n) is 14.2. The van der Waals surface area contributed by atoms with Gasteiger partial charge in [-0.3, -0.25) is 4.79 Å². The van der Waals surface area contributed by atoms with Crippen LogP contribution in [0, 0.1) is 6.92 Å². The van der Waals surface area contributed by atoms with Crippen LogP contribution >= 0.6 is 0 Å². The van der Waals surface area contributed by atoms with Crippen LogP contribution in [0.1, 0.15) is 18.1 Å². The first-order valence-corrected chi connectivity index (χ1v) is 9.32. The highest BCUT2D eigenvalue weighted by atomic mass is 32.2. The number of esters is 1. The Morgan fingerprint density at radius 1 is 1.04 bits per heavy atom. The van der Waals surface area contributed by atoms with Crippen molar-refractivity contribution in [2.75, 3.05) is 13.2 Å². The third kappa shape index (κ3) is 5.88. The van der Waals surface area contributed by atoms with Gasteiger partial charge in [-0.25, -0.2) is 8.42 Å². The molecule has 0 aromatic heterocycles. The molecule has 0 heterocycles. The summed E-state index contributed by atoms with van der Waals surface area (Å²) < 4.78 is 36.9. The summed E-state index contributed by atoms with van der Waals surface area (Å²) in [5.41, 5.74) is 1.95. The Morgan fingerprint density at radius 2 is 1.68 bits per heavy atom. The van der Waals surface area contributed by atoms with Gasteiger partial charge in [0.15, 0.2) is 0 Å². The Morgan fingerprint density at radius 3 is 2.28 bits per heavy atom. The molecule has 7 heteroatoms. The van der Waals surface area contributed by atoms with Crippen LogP contribution in [0.2, 0.25) is 0 Å². The lowest BCUT2D eigenvalue weighted by molar-refractivity contribution is -0.143. The van der Waals surface area contributed by atoms with Crippen molar-refractivity contribution in [3.05, 3.63) is 59.7 Å². The fraction of sp³-hybridized carbons (Fsp3) is 0.278. The summed E-state index contributed by atoms with van der Waals surface area (Å²) in [6, 6.07) is 13.5. The van der Waals surface area contributed by atoms with Crippen LogP contribution in [0.5, 0.6) is 5.75 Å². The predicted molar refractivity (Wildman–Crippen MR) is 93.8 cm³/mol. The minimum Gasteiger partial charge on any atom is -0.494 e. The maximum absolute atomic E-state index is 12.2. The van der Waals surface area contributed by atoms with E-state index in [1.807, 2.05) is 38.1 Å². The second-order valence-electron chi connectivity index (χ2n) is 5.38. The molecule has 0 aliphatic rings. The number of hydrogen-bond donors (Lipinski definition) is 1. The lowest BCUT2D eigenvalue weighted by Gasteiger charge is -2.09. The quantitative estimate of drug-likeness (QED) is 0.729. The average molecular weight is 363 g/mol. The van der Waals surface area contributed by atoms with Crippen LogP contribution in [0.15, 0.2) is 53.4 Å². The highest BCUT2D eigenvalue weighted by Gasteiger charge is 2.16. The van der Waals surface area contributed by atoms with Crippen LogP contribution in [-0.4, -0.2) is 27.5 Å². The van der Waals surface area contributed by atoms with E-state index in [0.29, 0.717) is 12.4 Å². The molecular weight excluding hydrogens is 342 g/mol. The topological polar surface area (TPSA) is 81.7 Å². The molecule has 0 fully saturated rings. The molecular formula is C18H21NO5S. The molecule has 2 aromatic rings. The van der Waals surface area contributed by atoms with Crippen molar-refractivity contribution in [2.45, 2.75) is 25.3 Å². The van der Waals surface area contributed by atoms with E-state index in [4.69, 9.17) is 9.47 Å². The van der Waals surface area contributed by atoms with E-state index in [-0.39, 0.29) is 11.5 Å². The van der Waals surface area contributed by atoms with Gasteiger partial charge in [0.05, 0.1) is 11.5 Å². The number of carbonyl (C=O) groups excluding carboxylic acids is 1. The number of aryl methyl sites for hydroxylation is 1. The molecule has 2 aromatic carbocycles. The summed E-state index contributed by atoms with van der Waals surface area (Å²) in [7, 11) is -3.78. The fourth-order valence-corrected chi connectivity index (χ4v) is 2.99. The molecule has 0 aliphatic carbocycles. The Bertz CT molecular complexity index is 798. The van der Waals surface area contributed by atoms with Crippen molar-refractivity contribution in [3.8, 4) is 5.75 Å². The standard InChI is InChI=1S/C18H21NO5S/c1-3-23-16-8-10-17(11-9-16)25(21,22)19-12-18(20)24-13-15-6-4-14(2)5-7-15/h4-11,19H,3,12-13H2,1-2H3. The van der Waals surface area contributed by atoms with Crippen molar-refractivity contribution >= 4 is 16.0 Å². The molecule has 0 unspecified atom stereocenters. The van der Waals surface area contributed by atoms with E-state index in [1.165, 1.54) is 12.1 Å². The molecule has 6 nitrogen and oxygen atoms in total. The maximum atomic E-state index is 12.2. The number of benzene rings is 2. The Hall–Kier alpha value is -2.38. The van der Waals surface area contributed by atoms with Gasteiger partial charge in [-0.05, 0) is 43.7 Å². The molecule has 0 radical (unpaired) electrons. The molecule has 0 amide bonds.